The van der Waals surface area contributed by atoms with E-state index in [-0.39, 0.29) is 0 Å². The van der Waals surface area contributed by atoms with Crippen LogP contribution in [0.2, 0.25) is 0 Å². The fraction of sp³-hybridized carbons (Fsp3) is 0.400. The second-order valence-corrected chi connectivity index (χ2v) is 5.76. The Morgan fingerprint density at radius 2 is 1.64 bits per heavy atom. The molecule has 1 aromatic carbocycles. The molecule has 0 amide bonds. The van der Waals surface area contributed by atoms with Crippen LogP contribution in [-0.2, 0) is 19.0 Å². The van der Waals surface area contributed by atoms with Crippen molar-refractivity contribution in [2.75, 3.05) is 7.11 Å². The Morgan fingerprint density at radius 1 is 1.14 bits per heavy atom. The molecular formula is C10H14O3S. The Kier molecular flexibility index (Phi) is 2.97. The summed E-state index contributed by atoms with van der Waals surface area (Å²) in [5.74, 6) is 0. The lowest BCUT2D eigenvalue weighted by molar-refractivity contribution is 0.373. The van der Waals surface area contributed by atoms with E-state index in [2.05, 4.69) is 4.18 Å². The summed E-state index contributed by atoms with van der Waals surface area (Å²) in [6.45, 7) is 3.25. The largest absolute Gasteiger partial charge is 0.276 e. The van der Waals surface area contributed by atoms with Gasteiger partial charge in [-0.25, -0.2) is 0 Å². The van der Waals surface area contributed by atoms with E-state index in [1.807, 2.05) is 18.2 Å². The Bertz CT molecular complexity index is 393. The van der Waals surface area contributed by atoms with Crippen molar-refractivity contribution in [3.05, 3.63) is 35.9 Å². The summed E-state index contributed by atoms with van der Waals surface area (Å²) < 4.78 is 26.7. The van der Waals surface area contributed by atoms with Gasteiger partial charge in [0.15, 0.2) is 0 Å². The van der Waals surface area contributed by atoms with E-state index >= 15 is 0 Å². The monoisotopic (exact) mass is 214 g/mol. The van der Waals surface area contributed by atoms with Gasteiger partial charge in [0.2, 0.25) is 0 Å². The smallest absolute Gasteiger partial charge is 0.273 e. The van der Waals surface area contributed by atoms with Crippen LogP contribution in [0.4, 0.5) is 0 Å². The van der Waals surface area contributed by atoms with Crippen LogP contribution in [0.1, 0.15) is 19.4 Å². The lowest BCUT2D eigenvalue weighted by Crippen LogP contribution is -2.29. The van der Waals surface area contributed by atoms with Crippen LogP contribution >= 0.6 is 0 Å². The van der Waals surface area contributed by atoms with Crippen molar-refractivity contribution in [1.29, 1.82) is 0 Å². The SMILES string of the molecule is COS(=O)(=O)C(C)(C)c1ccccc1. The van der Waals surface area contributed by atoms with Gasteiger partial charge in [0.1, 0.15) is 4.75 Å². The third-order valence-electron chi connectivity index (χ3n) is 2.31. The molecule has 1 rings (SSSR count). The maximum atomic E-state index is 11.6. The van der Waals surface area contributed by atoms with E-state index in [9.17, 15) is 8.42 Å². The predicted octanol–water partition coefficient (Wildman–Crippen LogP) is 1.90. The van der Waals surface area contributed by atoms with E-state index in [1.54, 1.807) is 26.0 Å². The zero-order valence-electron chi connectivity index (χ0n) is 8.52. The molecule has 0 unspecified atom stereocenters. The van der Waals surface area contributed by atoms with Crippen molar-refractivity contribution in [2.45, 2.75) is 18.6 Å². The van der Waals surface area contributed by atoms with Gasteiger partial charge in [-0.15, -0.1) is 0 Å². The summed E-state index contributed by atoms with van der Waals surface area (Å²) in [5, 5.41) is 0. The summed E-state index contributed by atoms with van der Waals surface area (Å²) in [6.07, 6.45) is 0. The highest BCUT2D eigenvalue weighted by Crippen LogP contribution is 2.29. The fourth-order valence-corrected chi connectivity index (χ4v) is 2.03. The predicted molar refractivity (Wildman–Crippen MR) is 55.4 cm³/mol. The van der Waals surface area contributed by atoms with Crippen LogP contribution in [0, 0.1) is 0 Å². The second kappa shape index (κ2) is 3.71. The first-order chi connectivity index (χ1) is 6.42. The van der Waals surface area contributed by atoms with Crippen molar-refractivity contribution in [1.82, 2.24) is 0 Å². The van der Waals surface area contributed by atoms with Crippen molar-refractivity contribution in [2.24, 2.45) is 0 Å². The molecule has 0 fully saturated rings. The molecule has 0 saturated carbocycles. The van der Waals surface area contributed by atoms with E-state index in [0.717, 1.165) is 5.56 Å². The molecule has 0 spiro atoms. The van der Waals surface area contributed by atoms with E-state index in [1.165, 1.54) is 7.11 Å². The maximum absolute atomic E-state index is 11.6. The quantitative estimate of drug-likeness (QED) is 0.722. The van der Waals surface area contributed by atoms with Crippen molar-refractivity contribution in [3.63, 3.8) is 0 Å². The molecule has 1 aromatic rings. The molecule has 0 N–H and O–H groups in total. The van der Waals surface area contributed by atoms with Gasteiger partial charge >= 0.3 is 0 Å². The molecule has 78 valence electrons. The van der Waals surface area contributed by atoms with Gasteiger partial charge in [-0.2, -0.15) is 8.42 Å². The molecule has 0 aliphatic carbocycles. The topological polar surface area (TPSA) is 43.4 Å². The number of rotatable bonds is 3. The summed E-state index contributed by atoms with van der Waals surface area (Å²) in [7, 11) is -2.37. The number of benzene rings is 1. The molecule has 0 atom stereocenters. The normalized spacial score (nSPS) is 12.8. The third kappa shape index (κ3) is 1.81. The Labute approximate surface area is 84.8 Å². The minimum Gasteiger partial charge on any atom is -0.273 e. The summed E-state index contributed by atoms with van der Waals surface area (Å²) >= 11 is 0. The molecule has 4 heteroatoms. The third-order valence-corrected chi connectivity index (χ3v) is 4.24. The first-order valence-electron chi connectivity index (χ1n) is 4.27. The van der Waals surface area contributed by atoms with Crippen LogP contribution in [0.5, 0.6) is 0 Å². The lowest BCUT2D eigenvalue weighted by Gasteiger charge is -2.23. The Morgan fingerprint density at radius 3 is 2.07 bits per heavy atom. The fourth-order valence-electron chi connectivity index (χ4n) is 1.19. The van der Waals surface area contributed by atoms with E-state index in [0.29, 0.717) is 0 Å². The van der Waals surface area contributed by atoms with Crippen LogP contribution in [0.25, 0.3) is 0 Å². The summed E-state index contributed by atoms with van der Waals surface area (Å²) in [6, 6.07) is 9.01. The minimum atomic E-state index is -3.55. The minimum absolute atomic E-state index is 0.724. The van der Waals surface area contributed by atoms with Crippen molar-refractivity contribution >= 4 is 10.1 Å². The highest BCUT2D eigenvalue weighted by molar-refractivity contribution is 7.87. The van der Waals surface area contributed by atoms with Gasteiger partial charge in [0.05, 0.1) is 7.11 Å². The highest BCUT2D eigenvalue weighted by Gasteiger charge is 2.36. The van der Waals surface area contributed by atoms with Crippen LogP contribution in [-0.4, -0.2) is 15.5 Å². The van der Waals surface area contributed by atoms with Crippen LogP contribution in [0.3, 0.4) is 0 Å². The summed E-state index contributed by atoms with van der Waals surface area (Å²) in [5.41, 5.74) is 0.724. The van der Waals surface area contributed by atoms with Crippen LogP contribution in [0.15, 0.2) is 30.3 Å². The first kappa shape index (κ1) is 11.2. The molecule has 0 saturated heterocycles. The number of hydrogen-bond acceptors (Lipinski definition) is 3. The molecule has 0 heterocycles. The average molecular weight is 214 g/mol. The first-order valence-corrected chi connectivity index (χ1v) is 5.68. The van der Waals surface area contributed by atoms with Gasteiger partial charge in [-0.05, 0) is 19.4 Å². The molecular weight excluding hydrogens is 200 g/mol. The second-order valence-electron chi connectivity index (χ2n) is 3.50. The average Bonchev–Trinajstić information content (AvgIpc) is 2.19. The Balaban J connectivity index is 3.22. The van der Waals surface area contributed by atoms with Gasteiger partial charge in [-0.3, -0.25) is 4.18 Å². The van der Waals surface area contributed by atoms with E-state index in [4.69, 9.17) is 0 Å². The number of hydrogen-bond donors (Lipinski definition) is 0. The molecule has 3 nitrogen and oxygen atoms in total. The molecule has 0 bridgehead atoms. The zero-order chi connectivity index (χ0) is 10.8. The van der Waals surface area contributed by atoms with Gasteiger partial charge < -0.3 is 0 Å². The zero-order valence-corrected chi connectivity index (χ0v) is 9.34. The van der Waals surface area contributed by atoms with Gasteiger partial charge in [0.25, 0.3) is 10.1 Å². The molecule has 0 radical (unpaired) electrons. The van der Waals surface area contributed by atoms with E-state index < -0.39 is 14.9 Å². The summed E-state index contributed by atoms with van der Waals surface area (Å²) in [4.78, 5) is 0. The highest BCUT2D eigenvalue weighted by atomic mass is 32.2. The van der Waals surface area contributed by atoms with Crippen molar-refractivity contribution in [3.8, 4) is 0 Å². The molecule has 0 aliphatic rings. The standard InChI is InChI=1S/C10H14O3S/c1-10(2,14(11,12)13-3)9-7-5-4-6-8-9/h4-8H,1-3H3. The Hall–Kier alpha value is -0.870. The molecule has 0 aromatic heterocycles. The maximum Gasteiger partial charge on any atom is 0.276 e. The molecule has 14 heavy (non-hydrogen) atoms. The molecule has 0 aliphatic heterocycles. The van der Waals surface area contributed by atoms with Crippen LogP contribution < -0.4 is 0 Å². The van der Waals surface area contributed by atoms with Crippen molar-refractivity contribution < 1.29 is 12.6 Å². The van der Waals surface area contributed by atoms with Gasteiger partial charge in [0, 0.05) is 0 Å². The van der Waals surface area contributed by atoms with Gasteiger partial charge in [-0.1, -0.05) is 30.3 Å². The lowest BCUT2D eigenvalue weighted by atomic mass is 10.0.